The number of aryl methyl sites for hydroxylation is 1. The predicted molar refractivity (Wildman–Crippen MR) is 81.7 cm³/mol. The Bertz CT molecular complexity index is 471. The Morgan fingerprint density at radius 2 is 2.16 bits per heavy atom. The first-order chi connectivity index (χ1) is 9.31. The minimum absolute atomic E-state index is 0.493. The third-order valence-corrected chi connectivity index (χ3v) is 6.43. The normalized spacial score (nSPS) is 34.5. The Kier molecular flexibility index (Phi) is 3.46. The van der Waals surface area contributed by atoms with E-state index < -0.39 is 0 Å². The van der Waals surface area contributed by atoms with Crippen LogP contribution in [-0.4, -0.2) is 18.8 Å². The van der Waals surface area contributed by atoms with Crippen LogP contribution in [0.15, 0.2) is 9.85 Å². The Morgan fingerprint density at radius 3 is 3.00 bits per heavy atom. The van der Waals surface area contributed by atoms with Gasteiger partial charge in [-0.15, -0.1) is 11.3 Å². The van der Waals surface area contributed by atoms with Crippen molar-refractivity contribution in [3.63, 3.8) is 0 Å². The van der Waals surface area contributed by atoms with Gasteiger partial charge in [0, 0.05) is 23.6 Å². The van der Waals surface area contributed by atoms with Gasteiger partial charge in [-0.2, -0.15) is 0 Å². The van der Waals surface area contributed by atoms with E-state index in [1.807, 2.05) is 11.3 Å². The van der Waals surface area contributed by atoms with Gasteiger partial charge >= 0.3 is 0 Å². The molecule has 0 spiro atoms. The minimum atomic E-state index is 0.493. The molecule has 19 heavy (non-hydrogen) atoms. The van der Waals surface area contributed by atoms with E-state index in [0.717, 1.165) is 12.5 Å². The molecule has 4 heteroatoms. The van der Waals surface area contributed by atoms with Crippen LogP contribution in [0.5, 0.6) is 0 Å². The van der Waals surface area contributed by atoms with Crippen LogP contribution in [-0.2, 0) is 11.2 Å². The van der Waals surface area contributed by atoms with Gasteiger partial charge in [0.2, 0.25) is 0 Å². The third kappa shape index (κ3) is 2.53. The Balaban J connectivity index is 1.50. The largest absolute Gasteiger partial charge is 0.376 e. The highest BCUT2D eigenvalue weighted by Crippen LogP contribution is 2.42. The van der Waals surface area contributed by atoms with Crippen molar-refractivity contribution in [2.24, 2.45) is 5.92 Å². The van der Waals surface area contributed by atoms with E-state index in [0.29, 0.717) is 18.2 Å². The fourth-order valence-electron chi connectivity index (χ4n) is 3.63. The highest BCUT2D eigenvalue weighted by Gasteiger charge is 2.41. The summed E-state index contributed by atoms with van der Waals surface area (Å²) in [6, 6.07) is 3.47. The maximum atomic E-state index is 5.96. The third-order valence-electron chi connectivity index (χ3n) is 4.72. The van der Waals surface area contributed by atoms with Crippen molar-refractivity contribution >= 4 is 27.3 Å². The van der Waals surface area contributed by atoms with E-state index in [-0.39, 0.29) is 0 Å². The zero-order valence-corrected chi connectivity index (χ0v) is 13.4. The van der Waals surface area contributed by atoms with Crippen molar-refractivity contribution in [1.29, 1.82) is 0 Å². The van der Waals surface area contributed by atoms with E-state index in [1.165, 1.54) is 42.3 Å². The number of halogens is 1. The van der Waals surface area contributed by atoms with Gasteiger partial charge in [0.1, 0.15) is 0 Å². The summed E-state index contributed by atoms with van der Waals surface area (Å²) in [6.07, 6.45) is 8.30. The lowest BCUT2D eigenvalue weighted by molar-refractivity contribution is 0.0783. The van der Waals surface area contributed by atoms with Crippen LogP contribution in [0.3, 0.4) is 0 Å². The summed E-state index contributed by atoms with van der Waals surface area (Å²) >= 11 is 5.56. The van der Waals surface area contributed by atoms with Crippen LogP contribution in [0.1, 0.15) is 48.6 Å². The monoisotopic (exact) mass is 341 g/mol. The second kappa shape index (κ2) is 5.14. The summed E-state index contributed by atoms with van der Waals surface area (Å²) in [5.41, 5.74) is 1.55. The van der Waals surface area contributed by atoms with Gasteiger partial charge in [-0.05, 0) is 72.0 Å². The summed E-state index contributed by atoms with van der Waals surface area (Å²) in [5.74, 6) is 0.845. The van der Waals surface area contributed by atoms with Gasteiger partial charge in [-0.1, -0.05) is 0 Å². The average Bonchev–Trinajstić information content (AvgIpc) is 3.01. The molecule has 0 bridgehead atoms. The molecule has 3 atom stereocenters. The molecule has 1 aromatic heterocycles. The van der Waals surface area contributed by atoms with Gasteiger partial charge in [0.25, 0.3) is 0 Å². The molecule has 1 aromatic rings. The molecule has 3 unspecified atom stereocenters. The van der Waals surface area contributed by atoms with Crippen LogP contribution < -0.4 is 5.32 Å². The maximum Gasteiger partial charge on any atom is 0.0757 e. The lowest BCUT2D eigenvalue weighted by Crippen LogP contribution is -2.40. The Labute approximate surface area is 127 Å². The van der Waals surface area contributed by atoms with E-state index in [9.17, 15) is 0 Å². The smallest absolute Gasteiger partial charge is 0.0757 e. The molecule has 1 N–H and O–H groups in total. The van der Waals surface area contributed by atoms with Gasteiger partial charge < -0.3 is 10.1 Å². The SMILES string of the molecule is Brc1cc2c(s1)CCCC2NC1CCOC1C1CC1. The molecule has 0 aromatic carbocycles. The van der Waals surface area contributed by atoms with Gasteiger partial charge in [0.05, 0.1) is 9.89 Å². The number of fused-ring (bicyclic) bond motifs is 1. The standard InChI is InChI=1S/C15H20BrNOS/c16-14-8-10-11(2-1-3-13(10)19-14)17-12-6-7-18-15(12)9-4-5-9/h8-9,11-12,15,17H,1-7H2. The van der Waals surface area contributed by atoms with Crippen LogP contribution >= 0.6 is 27.3 Å². The number of rotatable bonds is 3. The second-order valence-electron chi connectivity index (χ2n) is 6.11. The van der Waals surface area contributed by atoms with Crippen LogP contribution in [0, 0.1) is 5.92 Å². The molecule has 2 fully saturated rings. The summed E-state index contributed by atoms with van der Waals surface area (Å²) in [7, 11) is 0. The molecule has 104 valence electrons. The number of hydrogen-bond donors (Lipinski definition) is 1. The second-order valence-corrected chi connectivity index (χ2v) is 8.62. The first-order valence-electron chi connectivity index (χ1n) is 7.47. The van der Waals surface area contributed by atoms with Gasteiger partial charge in [0.15, 0.2) is 0 Å². The molecular weight excluding hydrogens is 322 g/mol. The van der Waals surface area contributed by atoms with E-state index in [2.05, 4.69) is 27.3 Å². The molecule has 2 aliphatic carbocycles. The van der Waals surface area contributed by atoms with Crippen molar-refractivity contribution in [2.75, 3.05) is 6.61 Å². The molecule has 2 nitrogen and oxygen atoms in total. The van der Waals surface area contributed by atoms with Crippen molar-refractivity contribution in [2.45, 2.75) is 56.7 Å². The quantitative estimate of drug-likeness (QED) is 0.895. The lowest BCUT2D eigenvalue weighted by Gasteiger charge is -2.29. The van der Waals surface area contributed by atoms with Crippen molar-refractivity contribution in [3.05, 3.63) is 20.3 Å². The van der Waals surface area contributed by atoms with Gasteiger partial charge in [-0.25, -0.2) is 0 Å². The van der Waals surface area contributed by atoms with E-state index in [4.69, 9.17) is 4.74 Å². The zero-order valence-electron chi connectivity index (χ0n) is 11.0. The maximum absolute atomic E-state index is 5.96. The molecular formula is C15H20BrNOS. The highest BCUT2D eigenvalue weighted by atomic mass is 79.9. The van der Waals surface area contributed by atoms with E-state index >= 15 is 0 Å². The summed E-state index contributed by atoms with van der Waals surface area (Å²) < 4.78 is 7.24. The molecule has 0 radical (unpaired) electrons. The average molecular weight is 342 g/mol. The van der Waals surface area contributed by atoms with Crippen LogP contribution in [0.2, 0.25) is 0 Å². The number of nitrogens with one attached hydrogen (secondary N) is 1. The minimum Gasteiger partial charge on any atom is -0.376 e. The number of ether oxygens (including phenoxy) is 1. The first-order valence-corrected chi connectivity index (χ1v) is 9.08. The molecule has 1 saturated carbocycles. The predicted octanol–water partition coefficient (Wildman–Crippen LogP) is 4.05. The zero-order chi connectivity index (χ0) is 12.8. The summed E-state index contributed by atoms with van der Waals surface area (Å²) in [4.78, 5) is 1.58. The lowest BCUT2D eigenvalue weighted by atomic mass is 9.92. The molecule has 0 amide bonds. The van der Waals surface area contributed by atoms with Gasteiger partial charge in [-0.3, -0.25) is 0 Å². The number of thiophene rings is 1. The topological polar surface area (TPSA) is 21.3 Å². The van der Waals surface area contributed by atoms with Crippen molar-refractivity contribution < 1.29 is 4.74 Å². The molecule has 1 saturated heterocycles. The first kappa shape index (κ1) is 12.8. The molecule has 3 aliphatic rings. The molecule has 1 aliphatic heterocycles. The van der Waals surface area contributed by atoms with E-state index in [1.54, 1.807) is 10.4 Å². The van der Waals surface area contributed by atoms with Crippen molar-refractivity contribution in [3.8, 4) is 0 Å². The Hall–Kier alpha value is 0.1000. The summed E-state index contributed by atoms with van der Waals surface area (Å²) in [6.45, 7) is 0.950. The fourth-order valence-corrected chi connectivity index (χ4v) is 5.45. The van der Waals surface area contributed by atoms with Crippen molar-refractivity contribution in [1.82, 2.24) is 5.32 Å². The molecule has 4 rings (SSSR count). The Morgan fingerprint density at radius 1 is 1.26 bits per heavy atom. The van der Waals surface area contributed by atoms with Crippen LogP contribution in [0.4, 0.5) is 0 Å². The summed E-state index contributed by atoms with van der Waals surface area (Å²) in [5, 5.41) is 3.92. The van der Waals surface area contributed by atoms with Crippen LogP contribution in [0.25, 0.3) is 0 Å². The highest BCUT2D eigenvalue weighted by molar-refractivity contribution is 9.11. The number of hydrogen-bond acceptors (Lipinski definition) is 3. The molecule has 2 heterocycles. The fraction of sp³-hybridized carbons (Fsp3) is 0.733.